The molecule has 2 aliphatic heterocycles. The monoisotopic (exact) mass is 428 g/mol. The summed E-state index contributed by atoms with van der Waals surface area (Å²) >= 11 is 1.47. The number of benzene rings is 1. The molecule has 30 heavy (non-hydrogen) atoms. The summed E-state index contributed by atoms with van der Waals surface area (Å²) in [4.78, 5) is 23.7. The van der Waals surface area contributed by atoms with Crippen molar-refractivity contribution in [3.8, 4) is 21.8 Å². The number of hydrogen-bond donors (Lipinski definition) is 3. The predicted molar refractivity (Wildman–Crippen MR) is 110 cm³/mol. The zero-order chi connectivity index (χ0) is 20.8. The Hall–Kier alpha value is -3.11. The molecule has 0 radical (unpaired) electrons. The minimum Gasteiger partial charge on any atom is -0.336 e. The lowest BCUT2D eigenvalue weighted by molar-refractivity contribution is -0.128. The number of thiazole rings is 1. The number of aromatic nitrogens is 2. The van der Waals surface area contributed by atoms with Gasteiger partial charge in [0.15, 0.2) is 11.6 Å². The number of rotatable bonds is 4. The summed E-state index contributed by atoms with van der Waals surface area (Å²) in [7, 11) is 0. The van der Waals surface area contributed by atoms with Crippen LogP contribution in [0.15, 0.2) is 24.3 Å². The van der Waals surface area contributed by atoms with Crippen molar-refractivity contribution in [1.29, 1.82) is 0 Å². The van der Waals surface area contributed by atoms with Gasteiger partial charge in [0.05, 0.1) is 28.5 Å². The van der Waals surface area contributed by atoms with E-state index in [1.54, 1.807) is 12.1 Å². The number of likely N-dealkylation sites (tertiary alicyclic amines) is 1. The molecule has 0 atom stereocenters. The highest BCUT2D eigenvalue weighted by molar-refractivity contribution is 7.15. The van der Waals surface area contributed by atoms with Crippen molar-refractivity contribution in [1.82, 2.24) is 20.4 Å². The number of aryl methyl sites for hydroxylation is 1. The number of carbonyl (C=O) groups is 1. The van der Waals surface area contributed by atoms with Crippen LogP contribution < -0.4 is 16.4 Å². The van der Waals surface area contributed by atoms with Crippen LogP contribution >= 0.6 is 11.3 Å². The molecule has 1 saturated heterocycles. The molecule has 1 fully saturated rings. The summed E-state index contributed by atoms with van der Waals surface area (Å²) in [6.07, 6.45) is 1.46. The number of halogens is 2. The van der Waals surface area contributed by atoms with Crippen LogP contribution in [-0.4, -0.2) is 27.3 Å². The molecular weight excluding hydrogens is 410 g/mol. The molecule has 0 spiro atoms. The van der Waals surface area contributed by atoms with Crippen LogP contribution in [0.25, 0.3) is 21.8 Å². The molecule has 0 bridgehead atoms. The molecule has 1 aromatic carbocycles. The van der Waals surface area contributed by atoms with Crippen molar-refractivity contribution in [2.45, 2.75) is 26.3 Å². The fourth-order valence-electron chi connectivity index (χ4n) is 3.71. The molecule has 0 saturated carbocycles. The molecule has 2 aliphatic rings. The Morgan fingerprint density at radius 2 is 1.97 bits per heavy atom. The molecule has 0 unspecified atom stereocenters. The smallest absolute Gasteiger partial charge is 0.223 e. The normalized spacial score (nSPS) is 15.3. The standard InChI is InChI=1S/C20H18F2N6OS/c1-10-20(30-15(23-10)9-28-7-3-6-16(28)29)14-5-2-4-13(24-14)11-8-12(21)18-19(17(11)22)26-27-25-18/h2,4-5,8,25-27H,3,6-7,9H2,1H3. The van der Waals surface area contributed by atoms with Gasteiger partial charge in [0.1, 0.15) is 16.4 Å². The van der Waals surface area contributed by atoms with Gasteiger partial charge in [0.2, 0.25) is 5.91 Å². The number of nitrogens with one attached hydrogen (secondary N) is 3. The molecule has 2 aromatic heterocycles. The maximum Gasteiger partial charge on any atom is 0.223 e. The quantitative estimate of drug-likeness (QED) is 0.586. The fraction of sp³-hybridized carbons (Fsp3) is 0.250. The number of hydrazine groups is 2. The first-order chi connectivity index (χ1) is 14.5. The lowest BCUT2D eigenvalue weighted by Gasteiger charge is -2.12. The van der Waals surface area contributed by atoms with Crippen molar-refractivity contribution in [3.63, 3.8) is 0 Å². The first-order valence-corrected chi connectivity index (χ1v) is 10.3. The SMILES string of the molecule is Cc1nc(CN2CCCC2=O)sc1-c1cccc(-c2cc(F)c3c(c2F)NNN3)n1. The van der Waals surface area contributed by atoms with Crippen molar-refractivity contribution in [2.24, 2.45) is 0 Å². The van der Waals surface area contributed by atoms with E-state index < -0.39 is 11.6 Å². The number of fused-ring (bicyclic) bond motifs is 1. The summed E-state index contributed by atoms with van der Waals surface area (Å²) in [5, 5.41) is 0.834. The highest BCUT2D eigenvalue weighted by Crippen LogP contribution is 2.38. The largest absolute Gasteiger partial charge is 0.336 e. The van der Waals surface area contributed by atoms with Crippen LogP contribution in [-0.2, 0) is 11.3 Å². The minimum atomic E-state index is -0.595. The van der Waals surface area contributed by atoms with E-state index in [0.29, 0.717) is 24.4 Å². The number of hydrogen-bond acceptors (Lipinski definition) is 7. The second-order valence-corrected chi connectivity index (χ2v) is 8.28. The van der Waals surface area contributed by atoms with Gasteiger partial charge in [-0.1, -0.05) is 6.07 Å². The lowest BCUT2D eigenvalue weighted by Crippen LogP contribution is -2.23. The van der Waals surface area contributed by atoms with Crippen LogP contribution in [0.5, 0.6) is 0 Å². The van der Waals surface area contributed by atoms with Crippen LogP contribution in [0.1, 0.15) is 23.5 Å². The van der Waals surface area contributed by atoms with Gasteiger partial charge in [-0.3, -0.25) is 15.6 Å². The zero-order valence-corrected chi connectivity index (χ0v) is 16.9. The van der Waals surface area contributed by atoms with Gasteiger partial charge in [-0.25, -0.2) is 18.7 Å². The van der Waals surface area contributed by atoms with E-state index in [4.69, 9.17) is 0 Å². The topological polar surface area (TPSA) is 82.2 Å². The van der Waals surface area contributed by atoms with Crippen LogP contribution in [0, 0.1) is 18.6 Å². The van der Waals surface area contributed by atoms with Crippen LogP contribution in [0.2, 0.25) is 0 Å². The third kappa shape index (κ3) is 3.17. The van der Waals surface area contributed by atoms with Gasteiger partial charge in [-0.2, -0.15) is 0 Å². The second-order valence-electron chi connectivity index (χ2n) is 7.19. The minimum absolute atomic E-state index is 0.0174. The van der Waals surface area contributed by atoms with Gasteiger partial charge in [0, 0.05) is 18.5 Å². The number of carbonyl (C=O) groups excluding carboxylic acids is 1. The van der Waals surface area contributed by atoms with Gasteiger partial charge < -0.3 is 4.90 Å². The molecule has 0 aliphatic carbocycles. The van der Waals surface area contributed by atoms with E-state index in [1.807, 2.05) is 17.9 Å². The summed E-state index contributed by atoms with van der Waals surface area (Å²) in [5.41, 5.74) is 9.47. The van der Waals surface area contributed by atoms with Crippen molar-refractivity contribution >= 4 is 28.6 Å². The number of amides is 1. The first-order valence-electron chi connectivity index (χ1n) is 9.52. The Morgan fingerprint density at radius 1 is 1.17 bits per heavy atom. The molecule has 10 heteroatoms. The maximum atomic E-state index is 14.9. The average molecular weight is 428 g/mol. The first kappa shape index (κ1) is 18.9. The number of nitrogens with zero attached hydrogens (tertiary/aromatic N) is 3. The van der Waals surface area contributed by atoms with E-state index >= 15 is 0 Å². The summed E-state index contributed by atoms with van der Waals surface area (Å²) in [5.74, 6) is -1.03. The van der Waals surface area contributed by atoms with Crippen molar-refractivity contribution in [3.05, 3.63) is 46.6 Å². The van der Waals surface area contributed by atoms with Gasteiger partial charge in [-0.05, 0) is 31.5 Å². The van der Waals surface area contributed by atoms with E-state index in [0.717, 1.165) is 34.6 Å². The zero-order valence-electron chi connectivity index (χ0n) is 16.1. The molecule has 1 amide bonds. The second kappa shape index (κ2) is 7.29. The average Bonchev–Trinajstić information content (AvgIpc) is 3.46. The molecule has 7 nitrogen and oxygen atoms in total. The Kier molecular flexibility index (Phi) is 4.59. The third-order valence-corrected chi connectivity index (χ3v) is 6.35. The Morgan fingerprint density at radius 3 is 2.77 bits per heavy atom. The van der Waals surface area contributed by atoms with Gasteiger partial charge in [0.25, 0.3) is 0 Å². The summed E-state index contributed by atoms with van der Waals surface area (Å²) < 4.78 is 29.3. The molecule has 5 rings (SSSR count). The molecule has 3 aromatic rings. The Labute approximate surface area is 175 Å². The predicted octanol–water partition coefficient (Wildman–Crippen LogP) is 3.84. The van der Waals surface area contributed by atoms with Crippen molar-refractivity contribution in [2.75, 3.05) is 17.4 Å². The van der Waals surface area contributed by atoms with E-state index in [1.165, 1.54) is 11.3 Å². The van der Waals surface area contributed by atoms with E-state index in [-0.39, 0.29) is 22.8 Å². The summed E-state index contributed by atoms with van der Waals surface area (Å²) in [6.45, 7) is 3.12. The van der Waals surface area contributed by atoms with Crippen molar-refractivity contribution < 1.29 is 13.6 Å². The number of pyridine rings is 1. The lowest BCUT2D eigenvalue weighted by atomic mass is 10.1. The van der Waals surface area contributed by atoms with Crippen LogP contribution in [0.4, 0.5) is 20.2 Å². The van der Waals surface area contributed by atoms with Crippen LogP contribution in [0.3, 0.4) is 0 Å². The Bertz CT molecular complexity index is 1160. The van der Waals surface area contributed by atoms with Gasteiger partial charge in [-0.15, -0.1) is 16.9 Å². The Balaban J connectivity index is 1.49. The van der Waals surface area contributed by atoms with E-state index in [2.05, 4.69) is 26.4 Å². The fourth-order valence-corrected chi connectivity index (χ4v) is 4.76. The highest BCUT2D eigenvalue weighted by Gasteiger charge is 2.25. The molecule has 154 valence electrons. The van der Waals surface area contributed by atoms with E-state index in [9.17, 15) is 13.6 Å². The third-order valence-electron chi connectivity index (χ3n) is 5.19. The molecule has 4 heterocycles. The maximum absolute atomic E-state index is 14.9. The highest BCUT2D eigenvalue weighted by atomic mass is 32.1. The molecule has 3 N–H and O–H groups in total. The number of anilines is 2. The molecular formula is C20H18F2N6OS. The van der Waals surface area contributed by atoms with Gasteiger partial charge >= 0.3 is 0 Å². The summed E-state index contributed by atoms with van der Waals surface area (Å²) in [6, 6.07) is 6.35.